The highest BCUT2D eigenvalue weighted by atomic mass is 19.1. The maximum atomic E-state index is 16.7. The minimum Gasteiger partial charge on any atom is -0.486 e. The minimum absolute atomic E-state index is 0.0388. The molecule has 3 saturated carbocycles. The molecule has 16 nitrogen and oxygen atoms in total. The lowest BCUT2D eigenvalue weighted by molar-refractivity contribution is -0.201. The third-order valence-electron chi connectivity index (χ3n) is 15.0. The van der Waals surface area contributed by atoms with E-state index >= 15 is 4.39 Å². The van der Waals surface area contributed by atoms with Gasteiger partial charge < -0.3 is 40.4 Å². The third kappa shape index (κ3) is 7.98. The van der Waals surface area contributed by atoms with Crippen LogP contribution in [0.2, 0.25) is 0 Å². The molecular formula is C49H55FN4O12. The van der Waals surface area contributed by atoms with Crippen LogP contribution in [0.3, 0.4) is 0 Å². The van der Waals surface area contributed by atoms with E-state index in [1.165, 1.54) is 19.9 Å². The van der Waals surface area contributed by atoms with Crippen molar-refractivity contribution >= 4 is 46.8 Å². The predicted molar refractivity (Wildman–Crippen MR) is 233 cm³/mol. The average Bonchev–Trinajstić information content (AvgIpc) is 3.89. The van der Waals surface area contributed by atoms with Gasteiger partial charge in [0.25, 0.3) is 11.8 Å². The number of aryl methyl sites for hydroxylation is 1. The lowest BCUT2D eigenvalue weighted by atomic mass is 9.46. The van der Waals surface area contributed by atoms with E-state index in [1.54, 1.807) is 49.4 Å². The summed E-state index contributed by atoms with van der Waals surface area (Å²) in [5.74, 6) is -4.75. The Morgan fingerprint density at radius 3 is 2.45 bits per heavy atom. The molecule has 0 spiro atoms. The fourth-order valence-electron chi connectivity index (χ4n) is 11.7. The van der Waals surface area contributed by atoms with E-state index < -0.39 is 94.8 Å². The van der Waals surface area contributed by atoms with E-state index in [0.717, 1.165) is 22.6 Å². The highest BCUT2D eigenvalue weighted by Gasteiger charge is 2.76. The summed E-state index contributed by atoms with van der Waals surface area (Å²) in [6.07, 6.45) is 6.06. The first-order valence-corrected chi connectivity index (χ1v) is 22.4. The number of aliphatic hydroxyl groups excluding tert-OH is 2. The average molecular weight is 911 g/mol. The number of anilines is 1. The van der Waals surface area contributed by atoms with Gasteiger partial charge >= 0.3 is 0 Å². The molecule has 17 heteroatoms. The quantitative estimate of drug-likeness (QED) is 0.172. The second-order valence-corrected chi connectivity index (χ2v) is 18.9. The van der Waals surface area contributed by atoms with Crippen LogP contribution in [0.15, 0.2) is 72.4 Å². The summed E-state index contributed by atoms with van der Waals surface area (Å²) in [6, 6.07) is 7.70. The van der Waals surface area contributed by atoms with E-state index in [0.29, 0.717) is 36.1 Å². The molecule has 66 heavy (non-hydrogen) atoms. The van der Waals surface area contributed by atoms with Crippen molar-refractivity contribution in [1.29, 1.82) is 0 Å². The molecular weight excluding hydrogens is 856 g/mol. The van der Waals surface area contributed by atoms with E-state index in [2.05, 4.69) is 22.9 Å². The van der Waals surface area contributed by atoms with Gasteiger partial charge in [0, 0.05) is 47.6 Å². The highest BCUT2D eigenvalue weighted by molar-refractivity contribution is 6.13. The van der Waals surface area contributed by atoms with Crippen molar-refractivity contribution in [1.82, 2.24) is 15.5 Å². The molecule has 1 saturated heterocycles. The summed E-state index contributed by atoms with van der Waals surface area (Å²) in [6.45, 7) is 7.46. The van der Waals surface area contributed by atoms with Gasteiger partial charge in [-0.15, -0.1) is 0 Å². The number of nitrogens with one attached hydrogen (secondary N) is 3. The lowest BCUT2D eigenvalue weighted by Gasteiger charge is -2.59. The predicted octanol–water partition coefficient (Wildman–Crippen LogP) is 3.58. The molecule has 2 heterocycles. The Labute approximate surface area is 381 Å². The number of aliphatic hydroxyl groups is 2. The van der Waals surface area contributed by atoms with E-state index in [-0.39, 0.29) is 60.8 Å². The van der Waals surface area contributed by atoms with Gasteiger partial charge in [0.2, 0.25) is 17.7 Å². The van der Waals surface area contributed by atoms with Gasteiger partial charge in [0.15, 0.2) is 35.0 Å². The number of benzene rings is 2. The summed E-state index contributed by atoms with van der Waals surface area (Å²) < 4.78 is 35.9. The van der Waals surface area contributed by atoms with Gasteiger partial charge in [0.1, 0.15) is 25.3 Å². The number of ketones is 2. The second kappa shape index (κ2) is 17.7. The SMILES string of the molecule is Cc1ccc(OCc2cccc(NC(=O)[C@H](C)NC(=O)[C@H](C)NC(=O)CCN3C(=O)C=CC3=O)c2)c(F)c1[C@H]1O[C@@H]2C[C@H]3[C@@H]4CCC5=CC(=O)C=C[C@]5(C)[C@H]4[C@@H](O)C[C@]3(C)[C@]2(C(=O)CO)O1. The van der Waals surface area contributed by atoms with Gasteiger partial charge in [-0.1, -0.05) is 43.7 Å². The fraction of sp³-hybridized carbons (Fsp3) is 0.490. The molecule has 350 valence electrons. The van der Waals surface area contributed by atoms with Gasteiger partial charge in [-0.25, -0.2) is 4.39 Å². The molecule has 0 radical (unpaired) electrons. The molecule has 5 amide bonds. The Hall–Kier alpha value is -5.88. The molecule has 0 bridgehead atoms. The van der Waals surface area contributed by atoms with Crippen LogP contribution in [0.25, 0.3) is 0 Å². The van der Waals surface area contributed by atoms with Crippen LogP contribution in [0.1, 0.15) is 82.8 Å². The topological polar surface area (TPSA) is 227 Å². The molecule has 11 atom stereocenters. The molecule has 6 aliphatic rings. The second-order valence-electron chi connectivity index (χ2n) is 18.9. The molecule has 0 unspecified atom stereocenters. The lowest BCUT2D eigenvalue weighted by Crippen LogP contribution is -2.63. The van der Waals surface area contributed by atoms with Crippen LogP contribution in [-0.4, -0.2) is 99.3 Å². The zero-order valence-electron chi connectivity index (χ0n) is 37.4. The number of rotatable bonds is 14. The summed E-state index contributed by atoms with van der Waals surface area (Å²) in [4.78, 5) is 89.0. The Morgan fingerprint density at radius 1 is 1.00 bits per heavy atom. The number of fused-ring (bicyclic) bond motifs is 7. The van der Waals surface area contributed by atoms with Crippen LogP contribution in [-0.2, 0) is 49.6 Å². The number of nitrogens with zero attached hydrogens (tertiary/aromatic N) is 1. The molecule has 4 aliphatic carbocycles. The summed E-state index contributed by atoms with van der Waals surface area (Å²) in [5.41, 5.74) is -0.745. The first-order valence-electron chi connectivity index (χ1n) is 22.4. The number of halogens is 1. The number of imide groups is 1. The van der Waals surface area contributed by atoms with E-state index in [4.69, 9.17) is 14.2 Å². The van der Waals surface area contributed by atoms with Crippen LogP contribution in [0.5, 0.6) is 5.75 Å². The van der Waals surface area contributed by atoms with Crippen LogP contribution in [0, 0.1) is 41.3 Å². The number of carbonyl (C=O) groups is 7. The maximum absolute atomic E-state index is 16.7. The van der Waals surface area contributed by atoms with Gasteiger partial charge in [-0.05, 0) is 99.8 Å². The number of ether oxygens (including phenoxy) is 3. The van der Waals surface area contributed by atoms with Gasteiger partial charge in [0.05, 0.1) is 17.8 Å². The van der Waals surface area contributed by atoms with Crippen molar-refractivity contribution in [2.24, 2.45) is 28.6 Å². The first-order chi connectivity index (χ1) is 31.3. The first kappa shape index (κ1) is 46.6. The number of hydrogen-bond donors (Lipinski definition) is 5. The minimum atomic E-state index is -1.67. The molecule has 5 N–H and O–H groups in total. The summed E-state index contributed by atoms with van der Waals surface area (Å²) in [5, 5.41) is 30.2. The highest BCUT2D eigenvalue weighted by Crippen LogP contribution is 2.70. The largest absolute Gasteiger partial charge is 0.486 e. The van der Waals surface area contributed by atoms with Crippen LogP contribution < -0.4 is 20.7 Å². The Kier molecular flexibility index (Phi) is 12.5. The Balaban J connectivity index is 0.901. The van der Waals surface area contributed by atoms with Crippen molar-refractivity contribution in [2.45, 2.75) is 110 Å². The molecule has 8 rings (SSSR count). The normalized spacial score (nSPS) is 31.5. The standard InChI is InChI=1S/C49H55FN4O12/c1-25-9-12-35(64-24-28-7-6-8-30(19-28)53-45(63)27(3)52-44(62)26(2)51-38(59)16-18-54-39(60)13-14-40(54)61)43(50)41(25)46-65-37-21-33-32-11-10-29-20-31(56)15-17-47(29,4)42(32)34(57)22-48(33,5)49(37,66-46)36(58)23-55/h6-9,12-15,17,19-20,26-27,32-34,37,42,46,55,57H,10-11,16,18,21-24H2,1-5H3,(H,51,59)(H,52,62)(H,53,63)/t26-,27-,32-,33-,34-,37+,42+,46-,47-,48-,49+/m0/s1. The number of carbonyl (C=O) groups excluding carboxylic acids is 7. The number of allylic oxidation sites excluding steroid dienone is 4. The number of Topliss-reactive ketones (excluding diaryl/α,β-unsaturated/α-hetero) is 1. The zero-order valence-corrected chi connectivity index (χ0v) is 37.4. The van der Waals surface area contributed by atoms with Crippen LogP contribution in [0.4, 0.5) is 10.1 Å². The van der Waals surface area contributed by atoms with E-state index in [9.17, 15) is 43.8 Å². The van der Waals surface area contributed by atoms with Crippen molar-refractivity contribution in [3.05, 3.63) is 94.9 Å². The van der Waals surface area contributed by atoms with Gasteiger partial charge in [-0.3, -0.25) is 38.5 Å². The fourth-order valence-corrected chi connectivity index (χ4v) is 11.7. The van der Waals surface area contributed by atoms with Crippen LogP contribution >= 0.6 is 0 Å². The Morgan fingerprint density at radius 2 is 1.73 bits per heavy atom. The number of amides is 5. The van der Waals surface area contributed by atoms with Crippen molar-refractivity contribution in [3.8, 4) is 5.75 Å². The molecule has 2 aromatic rings. The van der Waals surface area contributed by atoms with Crippen molar-refractivity contribution in [3.63, 3.8) is 0 Å². The third-order valence-corrected chi connectivity index (χ3v) is 15.0. The van der Waals surface area contributed by atoms with Crippen molar-refractivity contribution < 1.29 is 62.4 Å². The smallest absolute Gasteiger partial charge is 0.253 e. The monoisotopic (exact) mass is 910 g/mol. The molecule has 2 aliphatic heterocycles. The van der Waals surface area contributed by atoms with Gasteiger partial charge in [-0.2, -0.15) is 0 Å². The maximum Gasteiger partial charge on any atom is 0.253 e. The molecule has 4 fully saturated rings. The summed E-state index contributed by atoms with van der Waals surface area (Å²) in [7, 11) is 0. The Bertz CT molecular complexity index is 2470. The van der Waals surface area contributed by atoms with Crippen molar-refractivity contribution in [2.75, 3.05) is 18.5 Å². The number of hydrogen-bond acceptors (Lipinski definition) is 12. The summed E-state index contributed by atoms with van der Waals surface area (Å²) >= 11 is 0. The zero-order chi connectivity index (χ0) is 47.5. The molecule has 2 aromatic carbocycles. The molecule has 0 aromatic heterocycles. The van der Waals surface area contributed by atoms with E-state index in [1.807, 2.05) is 13.0 Å².